The molecular weight excluding hydrogens is 454 g/mol. The Morgan fingerprint density at radius 3 is 3.00 bits per heavy atom. The molecular formula is C23H21N7OS2. The maximum Gasteiger partial charge on any atom is 0.270 e. The van der Waals surface area contributed by atoms with Crippen molar-refractivity contribution in [1.82, 2.24) is 25.0 Å². The molecule has 0 unspecified atom stereocenters. The molecule has 1 aliphatic carbocycles. The summed E-state index contributed by atoms with van der Waals surface area (Å²) in [5.74, 6) is -0.201. The number of nitrogens with zero attached hydrogens (tertiary/aromatic N) is 3. The van der Waals surface area contributed by atoms with Gasteiger partial charge >= 0.3 is 0 Å². The number of amides is 1. The molecule has 4 N–H and O–H groups in total. The minimum Gasteiger partial charge on any atom is -0.381 e. The summed E-state index contributed by atoms with van der Waals surface area (Å²) in [4.78, 5) is 25.2. The van der Waals surface area contributed by atoms with Crippen LogP contribution in [0, 0.1) is 11.3 Å². The van der Waals surface area contributed by atoms with E-state index < -0.39 is 0 Å². The lowest BCUT2D eigenvalue weighted by Gasteiger charge is -2.37. The van der Waals surface area contributed by atoms with E-state index in [2.05, 4.69) is 36.4 Å². The third-order valence-corrected chi connectivity index (χ3v) is 7.39. The van der Waals surface area contributed by atoms with Crippen LogP contribution in [-0.2, 0) is 0 Å². The van der Waals surface area contributed by atoms with Crippen molar-refractivity contribution in [1.29, 1.82) is 5.26 Å². The van der Waals surface area contributed by atoms with E-state index in [1.807, 2.05) is 36.5 Å². The molecule has 0 saturated heterocycles. The van der Waals surface area contributed by atoms with Gasteiger partial charge in [-0.3, -0.25) is 9.52 Å². The third kappa shape index (κ3) is 4.43. The van der Waals surface area contributed by atoms with Crippen LogP contribution < -0.4 is 15.4 Å². The average Bonchev–Trinajstić information content (AvgIpc) is 3.50. The predicted octanol–water partition coefficient (Wildman–Crippen LogP) is 4.16. The largest absolute Gasteiger partial charge is 0.381 e. The lowest BCUT2D eigenvalue weighted by molar-refractivity contribution is 0.0959. The first-order valence-corrected chi connectivity index (χ1v) is 12.2. The van der Waals surface area contributed by atoms with E-state index in [0.717, 1.165) is 45.0 Å². The van der Waals surface area contributed by atoms with Crippen LogP contribution in [0.25, 0.3) is 21.6 Å². The van der Waals surface area contributed by atoms with Gasteiger partial charge in [-0.25, -0.2) is 9.97 Å². The minimum atomic E-state index is -0.201. The molecule has 4 aromatic rings. The van der Waals surface area contributed by atoms with Crippen LogP contribution in [0.15, 0.2) is 53.0 Å². The molecule has 3 heterocycles. The van der Waals surface area contributed by atoms with Gasteiger partial charge in [-0.05, 0) is 49.1 Å². The zero-order valence-corrected chi connectivity index (χ0v) is 19.4. The highest BCUT2D eigenvalue weighted by Gasteiger charge is 2.30. The van der Waals surface area contributed by atoms with E-state index >= 15 is 0 Å². The smallest absolute Gasteiger partial charge is 0.270 e. The summed E-state index contributed by atoms with van der Waals surface area (Å²) >= 11 is 3.00. The Balaban J connectivity index is 1.29. The molecule has 5 rings (SSSR count). The van der Waals surface area contributed by atoms with Gasteiger partial charge in [-0.15, -0.1) is 11.3 Å². The van der Waals surface area contributed by atoms with Gasteiger partial charge in [-0.2, -0.15) is 5.26 Å². The van der Waals surface area contributed by atoms with Crippen LogP contribution in [0.1, 0.15) is 28.9 Å². The van der Waals surface area contributed by atoms with Crippen molar-refractivity contribution in [3.63, 3.8) is 0 Å². The summed E-state index contributed by atoms with van der Waals surface area (Å²) in [6.45, 7) is 0. The molecule has 8 nitrogen and oxygen atoms in total. The molecule has 1 saturated carbocycles. The van der Waals surface area contributed by atoms with E-state index in [1.54, 1.807) is 30.6 Å². The number of hydrogen-bond acceptors (Lipinski definition) is 8. The van der Waals surface area contributed by atoms with E-state index in [-0.39, 0.29) is 5.91 Å². The number of nitrogens with one attached hydrogen (secondary N) is 4. The van der Waals surface area contributed by atoms with E-state index in [1.165, 1.54) is 11.3 Å². The highest BCUT2D eigenvalue weighted by atomic mass is 32.2. The second-order valence-electron chi connectivity index (χ2n) is 7.77. The quantitative estimate of drug-likeness (QED) is 0.296. The summed E-state index contributed by atoms with van der Waals surface area (Å²) in [7, 11) is 1.60. The number of rotatable bonds is 7. The first kappa shape index (κ1) is 21.5. The number of aromatic amines is 1. The van der Waals surface area contributed by atoms with Crippen LogP contribution >= 0.6 is 23.3 Å². The van der Waals surface area contributed by atoms with Crippen LogP contribution in [0.2, 0.25) is 0 Å². The summed E-state index contributed by atoms with van der Waals surface area (Å²) in [5, 5.41) is 18.9. The van der Waals surface area contributed by atoms with Gasteiger partial charge < -0.3 is 15.6 Å². The van der Waals surface area contributed by atoms with Crippen molar-refractivity contribution in [2.75, 3.05) is 12.4 Å². The van der Waals surface area contributed by atoms with Crippen molar-refractivity contribution in [2.45, 2.75) is 29.8 Å². The Labute approximate surface area is 199 Å². The Bertz CT molecular complexity index is 1350. The number of carbonyl (C=O) groups is 1. The van der Waals surface area contributed by atoms with Gasteiger partial charge in [0.1, 0.15) is 16.3 Å². The molecule has 1 amide bonds. The zero-order valence-electron chi connectivity index (χ0n) is 17.8. The van der Waals surface area contributed by atoms with Crippen LogP contribution in [0.3, 0.4) is 0 Å². The Kier molecular flexibility index (Phi) is 6.00. The second kappa shape index (κ2) is 9.23. The Morgan fingerprint density at radius 2 is 2.18 bits per heavy atom. The standard InChI is InChI=1S/C23H21N7OS2/c1-25-22(31)19-12-32-23(29-19)18-11-27-21-17(5-6-26-21)20(18)28-14-8-15(9-14)30-33-16-4-2-3-13(7-16)10-24/h2-7,11-12,14-15,30H,8-9H2,1H3,(H,25,31)(H2,26,27,28). The van der Waals surface area contributed by atoms with Gasteiger partial charge in [-0.1, -0.05) is 6.07 Å². The lowest BCUT2D eigenvalue weighted by Crippen LogP contribution is -2.45. The van der Waals surface area contributed by atoms with Gasteiger partial charge in [0.15, 0.2) is 0 Å². The van der Waals surface area contributed by atoms with Crippen molar-refractivity contribution in [3.05, 3.63) is 59.4 Å². The number of anilines is 1. The Morgan fingerprint density at radius 1 is 1.30 bits per heavy atom. The number of hydrogen-bond donors (Lipinski definition) is 4. The SMILES string of the molecule is CNC(=O)c1csc(-c2cnc3[nH]ccc3c2NC2CC(NSc3cccc(C#N)c3)C2)n1. The fourth-order valence-electron chi connectivity index (χ4n) is 3.77. The highest BCUT2D eigenvalue weighted by Crippen LogP contribution is 2.38. The number of aromatic nitrogens is 3. The molecule has 166 valence electrons. The molecule has 1 aromatic carbocycles. The molecule has 0 atom stereocenters. The van der Waals surface area contributed by atoms with Gasteiger partial charge in [0.05, 0.1) is 22.9 Å². The van der Waals surface area contributed by atoms with Crippen molar-refractivity contribution >= 4 is 45.9 Å². The van der Waals surface area contributed by atoms with Gasteiger partial charge in [0.25, 0.3) is 5.91 Å². The fourth-order valence-corrected chi connectivity index (χ4v) is 5.42. The molecule has 3 aromatic heterocycles. The third-order valence-electron chi connectivity index (χ3n) is 5.57. The molecule has 33 heavy (non-hydrogen) atoms. The number of pyridine rings is 1. The lowest BCUT2D eigenvalue weighted by atomic mass is 9.87. The molecule has 1 aliphatic rings. The van der Waals surface area contributed by atoms with Crippen LogP contribution in [-0.4, -0.2) is 40.0 Å². The topological polar surface area (TPSA) is 119 Å². The second-order valence-corrected chi connectivity index (χ2v) is 9.54. The number of nitriles is 1. The van der Waals surface area contributed by atoms with E-state index in [0.29, 0.717) is 23.3 Å². The number of carbonyl (C=O) groups excluding carboxylic acids is 1. The van der Waals surface area contributed by atoms with E-state index in [4.69, 9.17) is 5.26 Å². The molecule has 10 heteroatoms. The van der Waals surface area contributed by atoms with Crippen molar-refractivity contribution < 1.29 is 4.79 Å². The maximum atomic E-state index is 12.0. The predicted molar refractivity (Wildman–Crippen MR) is 131 cm³/mol. The summed E-state index contributed by atoms with van der Waals surface area (Å²) in [6.07, 6.45) is 5.63. The van der Waals surface area contributed by atoms with Gasteiger partial charge in [0.2, 0.25) is 0 Å². The van der Waals surface area contributed by atoms with Crippen molar-refractivity contribution in [2.24, 2.45) is 0 Å². The van der Waals surface area contributed by atoms with Crippen molar-refractivity contribution in [3.8, 4) is 16.6 Å². The minimum absolute atomic E-state index is 0.201. The van der Waals surface area contributed by atoms with Crippen LogP contribution in [0.5, 0.6) is 0 Å². The molecule has 0 radical (unpaired) electrons. The maximum absolute atomic E-state index is 12.0. The first-order chi connectivity index (χ1) is 16.1. The van der Waals surface area contributed by atoms with E-state index in [9.17, 15) is 4.79 Å². The molecule has 0 spiro atoms. The Hall–Kier alpha value is -3.39. The number of thiazole rings is 1. The van der Waals surface area contributed by atoms with Gasteiger partial charge in [0, 0.05) is 47.2 Å². The number of fused-ring (bicyclic) bond motifs is 1. The monoisotopic (exact) mass is 475 g/mol. The highest BCUT2D eigenvalue weighted by molar-refractivity contribution is 7.97. The fraction of sp³-hybridized carbons (Fsp3) is 0.217. The summed E-state index contributed by atoms with van der Waals surface area (Å²) in [6, 6.07) is 12.5. The van der Waals surface area contributed by atoms with Crippen LogP contribution in [0.4, 0.5) is 5.69 Å². The first-order valence-electron chi connectivity index (χ1n) is 10.5. The molecule has 0 bridgehead atoms. The molecule has 0 aliphatic heterocycles. The summed E-state index contributed by atoms with van der Waals surface area (Å²) < 4.78 is 3.50. The summed E-state index contributed by atoms with van der Waals surface area (Å²) in [5.41, 5.74) is 3.75. The molecule has 1 fully saturated rings. The zero-order chi connectivity index (χ0) is 22.8. The average molecular weight is 476 g/mol. The normalized spacial score (nSPS) is 17.3. The number of benzene rings is 1. The number of H-pyrrole nitrogens is 1.